The summed E-state index contributed by atoms with van der Waals surface area (Å²) < 4.78 is 35.2. The Morgan fingerprint density at radius 2 is 2.06 bits per heavy atom. The summed E-state index contributed by atoms with van der Waals surface area (Å²) in [5, 5.41) is 10.6. The van der Waals surface area contributed by atoms with Gasteiger partial charge in [0.25, 0.3) is 0 Å². The number of halogens is 3. The van der Waals surface area contributed by atoms with Gasteiger partial charge in [-0.25, -0.2) is 0 Å². The molecule has 94 valence electrons. The van der Waals surface area contributed by atoms with Crippen molar-refractivity contribution in [3.63, 3.8) is 0 Å². The third-order valence-electron chi connectivity index (χ3n) is 1.76. The molecule has 2 N–H and O–H groups in total. The van der Waals surface area contributed by atoms with Crippen LogP contribution in [0.4, 0.5) is 13.2 Å². The predicted molar refractivity (Wildman–Crippen MR) is 53.7 cm³/mol. The summed E-state index contributed by atoms with van der Waals surface area (Å²) in [7, 11) is 0. The number of nitrogens with one attached hydrogen (secondary N) is 1. The van der Waals surface area contributed by atoms with E-state index in [2.05, 4.69) is 0 Å². The van der Waals surface area contributed by atoms with Gasteiger partial charge in [0.05, 0.1) is 6.10 Å². The van der Waals surface area contributed by atoms with Gasteiger partial charge in [0.15, 0.2) is 0 Å². The largest absolute Gasteiger partial charge is 0.471 e. The van der Waals surface area contributed by atoms with Crippen LogP contribution in [0.2, 0.25) is 0 Å². The van der Waals surface area contributed by atoms with Crippen molar-refractivity contribution >= 4 is 5.91 Å². The van der Waals surface area contributed by atoms with Crippen molar-refractivity contribution in [2.45, 2.75) is 38.5 Å². The molecule has 1 unspecified atom stereocenters. The van der Waals surface area contributed by atoms with Gasteiger partial charge in [-0.2, -0.15) is 13.2 Å². The van der Waals surface area contributed by atoms with E-state index in [1.54, 1.807) is 24.4 Å². The Balaban J connectivity index is 3.45. The molecule has 1 amide bonds. The van der Waals surface area contributed by atoms with E-state index in [1.807, 2.05) is 0 Å². The standard InChI is InChI=1S/C10H16F3NO2/c1-8(15)6-4-2-3-5-7-14-9(16)10(11,12)13/h4,6,8,15H,2-3,5,7H2,1H3,(H,14,16)/b6-4+. The Morgan fingerprint density at radius 1 is 1.44 bits per heavy atom. The lowest BCUT2D eigenvalue weighted by molar-refractivity contribution is -0.173. The first-order valence-corrected chi connectivity index (χ1v) is 5.04. The highest BCUT2D eigenvalue weighted by atomic mass is 19.4. The van der Waals surface area contributed by atoms with Crippen LogP contribution in [0.1, 0.15) is 26.2 Å². The molecule has 0 heterocycles. The number of hydrogen-bond donors (Lipinski definition) is 2. The number of rotatable bonds is 6. The molecule has 0 aliphatic carbocycles. The maximum atomic E-state index is 11.7. The summed E-state index contributed by atoms with van der Waals surface area (Å²) >= 11 is 0. The van der Waals surface area contributed by atoms with Crippen molar-refractivity contribution in [3.05, 3.63) is 12.2 Å². The van der Waals surface area contributed by atoms with Crippen molar-refractivity contribution < 1.29 is 23.1 Å². The van der Waals surface area contributed by atoms with Gasteiger partial charge in [-0.15, -0.1) is 0 Å². The van der Waals surface area contributed by atoms with Crippen molar-refractivity contribution in [1.29, 1.82) is 0 Å². The minimum Gasteiger partial charge on any atom is -0.389 e. The van der Waals surface area contributed by atoms with Crippen LogP contribution in [0.15, 0.2) is 12.2 Å². The molecule has 0 aromatic carbocycles. The zero-order chi connectivity index (χ0) is 12.6. The van der Waals surface area contributed by atoms with Crippen LogP contribution in [-0.2, 0) is 4.79 Å². The van der Waals surface area contributed by atoms with E-state index in [0.717, 1.165) is 0 Å². The molecule has 0 aliphatic heterocycles. The number of hydrogen-bond acceptors (Lipinski definition) is 2. The van der Waals surface area contributed by atoms with Crippen molar-refractivity contribution in [2.24, 2.45) is 0 Å². The molecule has 0 saturated carbocycles. The fourth-order valence-corrected chi connectivity index (χ4v) is 0.982. The number of carbonyl (C=O) groups is 1. The first kappa shape index (κ1) is 15.0. The van der Waals surface area contributed by atoms with E-state index in [0.29, 0.717) is 19.3 Å². The first-order valence-electron chi connectivity index (χ1n) is 5.04. The lowest BCUT2D eigenvalue weighted by Crippen LogP contribution is -2.37. The lowest BCUT2D eigenvalue weighted by atomic mass is 10.2. The second kappa shape index (κ2) is 7.27. The van der Waals surface area contributed by atoms with E-state index in [4.69, 9.17) is 5.11 Å². The summed E-state index contributed by atoms with van der Waals surface area (Å²) in [5.74, 6) is -1.90. The summed E-state index contributed by atoms with van der Waals surface area (Å²) in [6, 6.07) is 0. The number of amides is 1. The number of carbonyl (C=O) groups excluding carboxylic acids is 1. The minimum absolute atomic E-state index is 0.0147. The van der Waals surface area contributed by atoms with E-state index in [9.17, 15) is 18.0 Å². The highest BCUT2D eigenvalue weighted by molar-refractivity contribution is 5.81. The summed E-state index contributed by atoms with van der Waals surface area (Å²) in [6.07, 6.45) is -0.124. The molecule has 0 rings (SSSR count). The Kier molecular flexibility index (Phi) is 6.80. The summed E-state index contributed by atoms with van der Waals surface area (Å²) in [6.45, 7) is 1.63. The topological polar surface area (TPSA) is 49.3 Å². The zero-order valence-electron chi connectivity index (χ0n) is 9.05. The Bertz CT molecular complexity index is 237. The maximum Gasteiger partial charge on any atom is 0.471 e. The van der Waals surface area contributed by atoms with E-state index in [-0.39, 0.29) is 6.54 Å². The smallest absolute Gasteiger partial charge is 0.389 e. The highest BCUT2D eigenvalue weighted by Gasteiger charge is 2.37. The molecule has 1 atom stereocenters. The van der Waals surface area contributed by atoms with E-state index >= 15 is 0 Å². The van der Waals surface area contributed by atoms with Gasteiger partial charge in [0.2, 0.25) is 0 Å². The molecule has 0 aliphatic rings. The van der Waals surface area contributed by atoms with E-state index in [1.165, 1.54) is 0 Å². The monoisotopic (exact) mass is 239 g/mol. The van der Waals surface area contributed by atoms with Gasteiger partial charge < -0.3 is 10.4 Å². The summed E-state index contributed by atoms with van der Waals surface area (Å²) in [5.41, 5.74) is 0. The molecule has 0 radical (unpaired) electrons. The van der Waals surface area contributed by atoms with Crippen molar-refractivity contribution in [1.82, 2.24) is 5.32 Å². The fraction of sp³-hybridized carbons (Fsp3) is 0.700. The zero-order valence-corrected chi connectivity index (χ0v) is 9.05. The number of aliphatic hydroxyl groups excluding tert-OH is 1. The molecule has 0 bridgehead atoms. The Morgan fingerprint density at radius 3 is 2.56 bits per heavy atom. The quantitative estimate of drug-likeness (QED) is 0.548. The maximum absolute atomic E-state index is 11.7. The molecule has 0 spiro atoms. The number of aliphatic hydroxyl groups is 1. The van der Waals surface area contributed by atoms with Gasteiger partial charge in [-0.3, -0.25) is 4.79 Å². The van der Waals surface area contributed by atoms with Crippen LogP contribution >= 0.6 is 0 Å². The van der Waals surface area contributed by atoms with Gasteiger partial charge in [-0.05, 0) is 26.2 Å². The molecule has 0 aromatic heterocycles. The molecule has 6 heteroatoms. The predicted octanol–water partition coefficient (Wildman–Crippen LogP) is 1.77. The molecular weight excluding hydrogens is 223 g/mol. The SMILES string of the molecule is CC(O)/C=C/CCCCNC(=O)C(F)(F)F. The van der Waals surface area contributed by atoms with Crippen LogP contribution in [0, 0.1) is 0 Å². The minimum atomic E-state index is -4.80. The number of allylic oxidation sites excluding steroid dienone is 1. The van der Waals surface area contributed by atoms with Crippen molar-refractivity contribution in [2.75, 3.05) is 6.54 Å². The third kappa shape index (κ3) is 8.28. The average Bonchev–Trinajstić information content (AvgIpc) is 2.14. The molecular formula is C10H16F3NO2. The van der Waals surface area contributed by atoms with Gasteiger partial charge in [0, 0.05) is 6.54 Å². The molecule has 0 fully saturated rings. The van der Waals surface area contributed by atoms with Crippen LogP contribution in [-0.4, -0.2) is 29.8 Å². The van der Waals surface area contributed by atoms with Crippen LogP contribution in [0.5, 0.6) is 0 Å². The Labute approximate surface area is 92.3 Å². The molecule has 0 aromatic rings. The Hall–Kier alpha value is -1.04. The van der Waals surface area contributed by atoms with Crippen molar-refractivity contribution in [3.8, 4) is 0 Å². The van der Waals surface area contributed by atoms with Crippen LogP contribution < -0.4 is 5.32 Å². The number of alkyl halides is 3. The van der Waals surface area contributed by atoms with Gasteiger partial charge >= 0.3 is 12.1 Å². The molecule has 3 nitrogen and oxygen atoms in total. The first-order chi connectivity index (χ1) is 7.34. The lowest BCUT2D eigenvalue weighted by Gasteiger charge is -2.06. The number of unbranched alkanes of at least 4 members (excludes halogenated alkanes) is 2. The second-order valence-electron chi connectivity index (χ2n) is 3.42. The van der Waals surface area contributed by atoms with Gasteiger partial charge in [0.1, 0.15) is 0 Å². The van der Waals surface area contributed by atoms with E-state index < -0.39 is 18.2 Å². The fourth-order valence-electron chi connectivity index (χ4n) is 0.982. The third-order valence-corrected chi connectivity index (χ3v) is 1.76. The van der Waals surface area contributed by atoms with Gasteiger partial charge in [-0.1, -0.05) is 12.2 Å². The average molecular weight is 239 g/mol. The van der Waals surface area contributed by atoms with Crippen LogP contribution in [0.3, 0.4) is 0 Å². The molecule has 0 saturated heterocycles. The van der Waals surface area contributed by atoms with Crippen LogP contribution in [0.25, 0.3) is 0 Å². The molecule has 16 heavy (non-hydrogen) atoms. The highest BCUT2D eigenvalue weighted by Crippen LogP contribution is 2.13. The normalized spacial score (nSPS) is 14.1. The summed E-state index contributed by atoms with van der Waals surface area (Å²) in [4.78, 5) is 10.4. The second-order valence-corrected chi connectivity index (χ2v) is 3.42.